The van der Waals surface area contributed by atoms with Gasteiger partial charge in [-0.25, -0.2) is 0 Å². The van der Waals surface area contributed by atoms with E-state index in [-0.39, 0.29) is 29.9 Å². The third kappa shape index (κ3) is 2.57. The quantitative estimate of drug-likeness (QED) is 0.739. The number of amides is 2. The van der Waals surface area contributed by atoms with Gasteiger partial charge in [0.2, 0.25) is 0 Å². The number of carbonyl (C=O) groups is 2. The highest BCUT2D eigenvalue weighted by atomic mass is 35.5. The van der Waals surface area contributed by atoms with Gasteiger partial charge in [-0.3, -0.25) is 14.9 Å². The Bertz CT molecular complexity index is 415. The van der Waals surface area contributed by atoms with Crippen molar-refractivity contribution in [1.82, 2.24) is 5.32 Å². The van der Waals surface area contributed by atoms with Gasteiger partial charge in [0, 0.05) is 11.8 Å². The van der Waals surface area contributed by atoms with E-state index >= 15 is 0 Å². The Balaban J connectivity index is 0.00000112. The summed E-state index contributed by atoms with van der Waals surface area (Å²) in [5.41, 5.74) is 1.06. The number of para-hydroxylation sites is 1. The van der Waals surface area contributed by atoms with E-state index in [1.54, 1.807) is 0 Å². The molecule has 0 spiro atoms. The summed E-state index contributed by atoms with van der Waals surface area (Å²) in [5.74, 6) is -0.771. The highest BCUT2D eigenvalue weighted by molar-refractivity contribution is 6.17. The molecule has 0 saturated carbocycles. The van der Waals surface area contributed by atoms with Crippen molar-refractivity contribution in [1.29, 1.82) is 0 Å². The van der Waals surface area contributed by atoms with Gasteiger partial charge in [0.1, 0.15) is 5.70 Å². The minimum absolute atomic E-state index is 0. The first-order chi connectivity index (χ1) is 6.75. The first-order valence-corrected chi connectivity index (χ1v) is 4.15. The first-order valence-electron chi connectivity index (χ1n) is 4.15. The minimum Gasteiger partial charge on any atom is -0.351 e. The predicted octanol–water partition coefficient (Wildman–Crippen LogP) is 1.06. The number of carbonyl (C=O) groups excluding carboxylic acids is 2. The second-order valence-corrected chi connectivity index (χ2v) is 2.87. The van der Waals surface area contributed by atoms with E-state index in [1.165, 1.54) is 6.08 Å². The molecule has 4 nitrogen and oxygen atoms in total. The zero-order chi connectivity index (χ0) is 9.97. The van der Waals surface area contributed by atoms with Gasteiger partial charge in [0.05, 0.1) is 0 Å². The average Bonchev–Trinajstić information content (AvgIpc) is 2.47. The molecular formula is C10H9ClN2O2. The van der Waals surface area contributed by atoms with E-state index in [1.807, 2.05) is 30.3 Å². The number of hydrogen-bond acceptors (Lipinski definition) is 3. The van der Waals surface area contributed by atoms with E-state index in [0.29, 0.717) is 0 Å². The van der Waals surface area contributed by atoms with Gasteiger partial charge in [-0.15, -0.1) is 12.4 Å². The lowest BCUT2D eigenvalue weighted by Gasteiger charge is -2.03. The summed E-state index contributed by atoms with van der Waals surface area (Å²) in [6, 6.07) is 9.20. The maximum atomic E-state index is 11.1. The molecule has 1 aliphatic heterocycles. The lowest BCUT2D eigenvalue weighted by atomic mass is 10.3. The zero-order valence-electron chi connectivity index (χ0n) is 7.69. The van der Waals surface area contributed by atoms with Crippen molar-refractivity contribution in [3.05, 3.63) is 42.1 Å². The molecule has 2 rings (SSSR count). The maximum Gasteiger partial charge on any atom is 0.274 e. The van der Waals surface area contributed by atoms with Crippen LogP contribution in [0.25, 0.3) is 0 Å². The summed E-state index contributed by atoms with van der Waals surface area (Å²) in [6.07, 6.45) is 1.25. The molecule has 78 valence electrons. The Morgan fingerprint density at radius 2 is 1.73 bits per heavy atom. The van der Waals surface area contributed by atoms with Crippen molar-refractivity contribution in [3.8, 4) is 0 Å². The average molecular weight is 225 g/mol. The molecule has 0 fully saturated rings. The number of hydrogen-bond donors (Lipinski definition) is 2. The fraction of sp³-hybridized carbons (Fsp3) is 0. The third-order valence-corrected chi connectivity index (χ3v) is 1.81. The van der Waals surface area contributed by atoms with Crippen molar-refractivity contribution >= 4 is 29.9 Å². The smallest absolute Gasteiger partial charge is 0.274 e. The molecule has 0 saturated heterocycles. The molecular weight excluding hydrogens is 216 g/mol. The van der Waals surface area contributed by atoms with Crippen LogP contribution in [0, 0.1) is 0 Å². The molecule has 0 aromatic heterocycles. The maximum absolute atomic E-state index is 11.1. The van der Waals surface area contributed by atoms with E-state index in [0.717, 1.165) is 5.69 Å². The molecule has 0 bridgehead atoms. The number of halogens is 1. The van der Waals surface area contributed by atoms with E-state index in [9.17, 15) is 9.59 Å². The molecule has 1 aliphatic rings. The minimum atomic E-state index is -0.390. The SMILES string of the molecule is Cl.O=C1C=C(Nc2ccccc2)C(=O)N1. The third-order valence-electron chi connectivity index (χ3n) is 1.81. The second-order valence-electron chi connectivity index (χ2n) is 2.87. The van der Waals surface area contributed by atoms with Gasteiger partial charge in [-0.2, -0.15) is 0 Å². The fourth-order valence-corrected chi connectivity index (χ4v) is 1.18. The largest absolute Gasteiger partial charge is 0.351 e. The number of rotatable bonds is 2. The van der Waals surface area contributed by atoms with Crippen molar-refractivity contribution in [2.45, 2.75) is 0 Å². The van der Waals surface area contributed by atoms with Crippen molar-refractivity contribution in [3.63, 3.8) is 0 Å². The highest BCUT2D eigenvalue weighted by Crippen LogP contribution is 2.10. The molecule has 1 aromatic carbocycles. The van der Waals surface area contributed by atoms with Gasteiger partial charge >= 0.3 is 0 Å². The summed E-state index contributed by atoms with van der Waals surface area (Å²) in [4.78, 5) is 21.9. The molecule has 2 N–H and O–H groups in total. The molecule has 15 heavy (non-hydrogen) atoms. The Labute approximate surface area is 92.8 Å². The van der Waals surface area contributed by atoms with E-state index < -0.39 is 0 Å². The molecule has 1 aromatic rings. The van der Waals surface area contributed by atoms with Crippen molar-refractivity contribution in [2.24, 2.45) is 0 Å². The molecule has 0 atom stereocenters. The second kappa shape index (κ2) is 4.61. The number of benzene rings is 1. The van der Waals surface area contributed by atoms with Gasteiger partial charge in [0.25, 0.3) is 11.8 Å². The van der Waals surface area contributed by atoms with Crippen LogP contribution in [-0.2, 0) is 9.59 Å². The summed E-state index contributed by atoms with van der Waals surface area (Å²) < 4.78 is 0. The van der Waals surface area contributed by atoms with Crippen LogP contribution in [-0.4, -0.2) is 11.8 Å². The van der Waals surface area contributed by atoms with Gasteiger partial charge in [0.15, 0.2) is 0 Å². The first kappa shape index (κ1) is 11.3. The topological polar surface area (TPSA) is 58.2 Å². The van der Waals surface area contributed by atoms with Gasteiger partial charge < -0.3 is 5.32 Å². The number of anilines is 1. The molecule has 5 heteroatoms. The van der Waals surface area contributed by atoms with Gasteiger partial charge in [-0.05, 0) is 12.1 Å². The van der Waals surface area contributed by atoms with Crippen LogP contribution in [0.3, 0.4) is 0 Å². The van der Waals surface area contributed by atoms with Crippen LogP contribution in [0.5, 0.6) is 0 Å². The zero-order valence-corrected chi connectivity index (χ0v) is 8.51. The van der Waals surface area contributed by atoms with Crippen molar-refractivity contribution < 1.29 is 9.59 Å². The summed E-state index contributed by atoms with van der Waals surface area (Å²) in [5, 5.41) is 5.00. The van der Waals surface area contributed by atoms with Crippen LogP contribution >= 0.6 is 12.4 Å². The lowest BCUT2D eigenvalue weighted by molar-refractivity contribution is -0.123. The van der Waals surface area contributed by atoms with Crippen LogP contribution < -0.4 is 10.6 Å². The van der Waals surface area contributed by atoms with Crippen LogP contribution in [0.4, 0.5) is 5.69 Å². The molecule has 0 radical (unpaired) electrons. The van der Waals surface area contributed by atoms with E-state index in [4.69, 9.17) is 0 Å². The summed E-state index contributed by atoms with van der Waals surface area (Å²) in [7, 11) is 0. The van der Waals surface area contributed by atoms with Crippen LogP contribution in [0.15, 0.2) is 42.1 Å². The Kier molecular flexibility index (Phi) is 3.46. The normalized spacial score (nSPS) is 14.0. The van der Waals surface area contributed by atoms with Crippen molar-refractivity contribution in [2.75, 3.05) is 5.32 Å². The Morgan fingerprint density at radius 1 is 1.07 bits per heavy atom. The molecule has 1 heterocycles. The van der Waals surface area contributed by atoms with Gasteiger partial charge in [-0.1, -0.05) is 18.2 Å². The summed E-state index contributed by atoms with van der Waals surface area (Å²) in [6.45, 7) is 0. The Morgan fingerprint density at radius 3 is 2.27 bits per heavy atom. The predicted molar refractivity (Wildman–Crippen MR) is 58.5 cm³/mol. The van der Waals surface area contributed by atoms with Crippen LogP contribution in [0.2, 0.25) is 0 Å². The Hall–Kier alpha value is -1.81. The number of imide groups is 1. The standard InChI is InChI=1S/C10H8N2O2.ClH/c13-9-6-8(10(14)12-9)11-7-4-2-1-3-5-7;/h1-6H,(H2,11,12,13,14);1H. The van der Waals surface area contributed by atoms with E-state index in [2.05, 4.69) is 10.6 Å². The summed E-state index contributed by atoms with van der Waals surface area (Å²) >= 11 is 0. The number of nitrogens with one attached hydrogen (secondary N) is 2. The monoisotopic (exact) mass is 224 g/mol. The molecule has 0 unspecified atom stereocenters. The molecule has 0 aliphatic carbocycles. The van der Waals surface area contributed by atoms with Crippen LogP contribution in [0.1, 0.15) is 0 Å². The highest BCUT2D eigenvalue weighted by Gasteiger charge is 2.20. The molecule has 2 amide bonds. The lowest BCUT2D eigenvalue weighted by Crippen LogP contribution is -2.24. The fourth-order valence-electron chi connectivity index (χ4n) is 1.18.